The molecule has 1 aliphatic carbocycles. The molecule has 3 heterocycles. The number of fused-ring (bicyclic) bond motifs is 1. The first-order valence-corrected chi connectivity index (χ1v) is 18.3. The van der Waals surface area contributed by atoms with Gasteiger partial charge in [-0.3, -0.25) is 23.5 Å². The second-order valence-corrected chi connectivity index (χ2v) is 13.8. The van der Waals surface area contributed by atoms with Gasteiger partial charge in [-0.05, 0) is 35.6 Å². The molecule has 15 heteroatoms. The van der Waals surface area contributed by atoms with E-state index in [0.717, 1.165) is 28.9 Å². The van der Waals surface area contributed by atoms with Gasteiger partial charge in [0.1, 0.15) is 28.9 Å². The van der Waals surface area contributed by atoms with E-state index in [2.05, 4.69) is 43.4 Å². The van der Waals surface area contributed by atoms with Crippen molar-refractivity contribution >= 4 is 79.8 Å². The van der Waals surface area contributed by atoms with Crippen molar-refractivity contribution in [3.63, 3.8) is 0 Å². The van der Waals surface area contributed by atoms with E-state index in [1.54, 1.807) is 0 Å². The molecule has 1 fully saturated rings. The Kier molecular flexibility index (Phi) is 10.2. The molecular formula is C32H28IN5O7S2. The fourth-order valence-electron chi connectivity index (χ4n) is 5.42. The fourth-order valence-corrected chi connectivity index (χ4v) is 8.75. The summed E-state index contributed by atoms with van der Waals surface area (Å²) in [5, 5.41) is 9.89. The first kappa shape index (κ1) is 32.7. The minimum absolute atomic E-state index is 0.0282. The summed E-state index contributed by atoms with van der Waals surface area (Å²) in [6.45, 7) is 0. The van der Waals surface area contributed by atoms with E-state index in [0.29, 0.717) is 22.8 Å². The van der Waals surface area contributed by atoms with Crippen LogP contribution in [0, 0.1) is 0 Å². The van der Waals surface area contributed by atoms with Crippen LogP contribution in [0.2, 0.25) is 0 Å². The van der Waals surface area contributed by atoms with Crippen LogP contribution in [0.25, 0.3) is 0 Å². The smallest absolute Gasteiger partial charge is 0.356 e. The van der Waals surface area contributed by atoms with Crippen LogP contribution in [0.15, 0.2) is 94.6 Å². The van der Waals surface area contributed by atoms with Crippen molar-refractivity contribution < 1.29 is 33.0 Å². The van der Waals surface area contributed by atoms with Gasteiger partial charge in [-0.2, -0.15) is 0 Å². The summed E-state index contributed by atoms with van der Waals surface area (Å²) in [5.41, 5.74) is 1.94. The molecule has 0 radical (unpaired) electrons. The lowest BCUT2D eigenvalue weighted by Crippen LogP contribution is -2.74. The SMILES string of the molecule is O=CNc1nc(C(=NOC2C=CCC2)C(=O)N[C@@H]2C(=O)N3C(C(=O)OC(c4ccccc4)c4ccccc4)=C(CI)CS(=O)[C@H]23)cs1. The van der Waals surface area contributed by atoms with Crippen molar-refractivity contribution in [1.82, 2.24) is 15.2 Å². The number of anilines is 1. The number of ether oxygens (including phenoxy) is 1. The number of nitrogens with one attached hydrogen (secondary N) is 2. The maximum absolute atomic E-state index is 13.9. The third-order valence-electron chi connectivity index (χ3n) is 7.67. The largest absolute Gasteiger partial charge is 0.448 e. The van der Waals surface area contributed by atoms with E-state index < -0.39 is 46.1 Å². The lowest BCUT2D eigenvalue weighted by atomic mass is 10.0. The number of alkyl halides is 1. The maximum atomic E-state index is 13.9. The predicted octanol–water partition coefficient (Wildman–Crippen LogP) is 3.59. The van der Waals surface area contributed by atoms with Gasteiger partial charge in [0.2, 0.25) is 6.41 Å². The van der Waals surface area contributed by atoms with Gasteiger partial charge in [0, 0.05) is 9.81 Å². The summed E-state index contributed by atoms with van der Waals surface area (Å²) in [7, 11) is -1.63. The third-order valence-corrected chi connectivity index (χ3v) is 11.0. The number of carbonyl (C=O) groups is 4. The molecule has 47 heavy (non-hydrogen) atoms. The van der Waals surface area contributed by atoms with Crippen molar-refractivity contribution in [2.24, 2.45) is 5.16 Å². The zero-order valence-corrected chi connectivity index (χ0v) is 28.4. The van der Waals surface area contributed by atoms with Crippen molar-refractivity contribution in [3.8, 4) is 0 Å². The maximum Gasteiger partial charge on any atom is 0.356 e. The summed E-state index contributed by atoms with van der Waals surface area (Å²) in [6.07, 6.45) is 4.63. The Bertz CT molecular complexity index is 1760. The van der Waals surface area contributed by atoms with Crippen molar-refractivity contribution in [2.45, 2.75) is 36.5 Å². The Morgan fingerprint density at radius 3 is 2.47 bits per heavy atom. The number of thiazole rings is 1. The van der Waals surface area contributed by atoms with E-state index in [9.17, 15) is 23.4 Å². The molecule has 3 amide bonds. The summed E-state index contributed by atoms with van der Waals surface area (Å²) in [6, 6.07) is 17.3. The Morgan fingerprint density at radius 2 is 1.85 bits per heavy atom. The number of nitrogens with zero attached hydrogens (tertiary/aromatic N) is 3. The quantitative estimate of drug-likeness (QED) is 0.0413. The van der Waals surface area contributed by atoms with E-state index in [4.69, 9.17) is 9.57 Å². The first-order valence-electron chi connectivity index (χ1n) is 14.6. The second-order valence-electron chi connectivity index (χ2n) is 10.7. The van der Waals surface area contributed by atoms with Gasteiger partial charge in [0.05, 0.1) is 16.6 Å². The number of hydrogen-bond acceptors (Lipinski definition) is 10. The minimum atomic E-state index is -1.63. The van der Waals surface area contributed by atoms with Crippen LogP contribution >= 0.6 is 33.9 Å². The lowest BCUT2D eigenvalue weighted by Gasteiger charge is -2.49. The number of β-lactam (4-membered cyclic amide) rings is 1. The molecule has 2 N–H and O–H groups in total. The molecule has 2 unspecified atom stereocenters. The summed E-state index contributed by atoms with van der Waals surface area (Å²) < 4.78 is 19.9. The number of allylic oxidation sites excluding steroid dienone is 1. The highest BCUT2D eigenvalue weighted by atomic mass is 127. The lowest BCUT2D eigenvalue weighted by molar-refractivity contribution is -0.154. The van der Waals surface area contributed by atoms with Gasteiger partial charge >= 0.3 is 5.97 Å². The summed E-state index contributed by atoms with van der Waals surface area (Å²) in [4.78, 5) is 63.1. The monoisotopic (exact) mass is 785 g/mol. The molecule has 4 atom stereocenters. The molecule has 1 saturated heterocycles. The van der Waals surface area contributed by atoms with E-state index in [1.807, 2.05) is 72.8 Å². The van der Waals surface area contributed by atoms with Crippen molar-refractivity contribution in [3.05, 3.63) is 106 Å². The molecule has 242 valence electrons. The average Bonchev–Trinajstić information content (AvgIpc) is 3.79. The Hall–Kier alpha value is -4.22. The topological polar surface area (TPSA) is 156 Å². The van der Waals surface area contributed by atoms with E-state index >= 15 is 0 Å². The van der Waals surface area contributed by atoms with Crippen LogP contribution < -0.4 is 10.6 Å². The molecule has 2 aliphatic heterocycles. The van der Waals surface area contributed by atoms with Gasteiger partial charge in [0.25, 0.3) is 11.8 Å². The minimum Gasteiger partial charge on any atom is -0.448 e. The van der Waals surface area contributed by atoms with Crippen LogP contribution in [0.5, 0.6) is 0 Å². The molecule has 3 aliphatic rings. The van der Waals surface area contributed by atoms with Gasteiger partial charge in [-0.15, -0.1) is 11.3 Å². The van der Waals surface area contributed by atoms with Crippen LogP contribution in [-0.4, -0.2) is 71.7 Å². The number of carbonyl (C=O) groups excluding carboxylic acids is 4. The summed E-state index contributed by atoms with van der Waals surface area (Å²) in [5.74, 6) is -2.10. The normalized spacial score (nSPS) is 22.0. The number of esters is 1. The van der Waals surface area contributed by atoms with E-state index in [1.165, 1.54) is 10.3 Å². The molecule has 12 nitrogen and oxygen atoms in total. The number of halogens is 1. The number of benzene rings is 2. The molecule has 0 spiro atoms. The zero-order chi connectivity index (χ0) is 32.9. The molecule has 1 aromatic heterocycles. The number of hydrogen-bond donors (Lipinski definition) is 2. The first-order chi connectivity index (χ1) is 22.9. The second kappa shape index (κ2) is 14.7. The molecule has 6 rings (SSSR count). The van der Waals surface area contributed by atoms with Crippen LogP contribution in [0.1, 0.15) is 35.8 Å². The van der Waals surface area contributed by atoms with Gasteiger partial charge < -0.3 is 20.2 Å². The highest BCUT2D eigenvalue weighted by Crippen LogP contribution is 2.37. The Morgan fingerprint density at radius 1 is 1.15 bits per heavy atom. The molecule has 0 saturated carbocycles. The molecular weight excluding hydrogens is 757 g/mol. The number of amides is 3. The standard InChI is InChI=1S/C32H28IN5O7S2/c33-15-21-17-47(43)30-25(36-28(40)24(37-45-22-13-7-8-14-22)23-16-46-32(35-23)34-18-39)29(41)38(30)26(21)31(42)44-27(19-9-3-1-4-10-19)20-11-5-2-6-12-20/h1-7,9-13,16,18,22,25,27,30H,8,14-15,17H2,(H,36,40)(H,34,35,39)/t22?,25-,30-,47?/m1/s1. The number of oxime groups is 1. The Labute approximate surface area is 289 Å². The highest BCUT2D eigenvalue weighted by molar-refractivity contribution is 14.1. The van der Waals surface area contributed by atoms with Crippen molar-refractivity contribution in [2.75, 3.05) is 15.5 Å². The molecule has 3 aromatic rings. The highest BCUT2D eigenvalue weighted by Gasteiger charge is 2.57. The Balaban J connectivity index is 1.24. The fraction of sp³-hybridized carbons (Fsp3) is 0.250. The number of aromatic nitrogens is 1. The van der Waals surface area contributed by atoms with E-state index in [-0.39, 0.29) is 34.1 Å². The predicted molar refractivity (Wildman–Crippen MR) is 184 cm³/mol. The average molecular weight is 786 g/mol. The van der Waals surface area contributed by atoms with Gasteiger partial charge in [0.15, 0.2) is 16.9 Å². The van der Waals surface area contributed by atoms with Crippen molar-refractivity contribution in [1.29, 1.82) is 0 Å². The zero-order valence-electron chi connectivity index (χ0n) is 24.6. The molecule has 0 bridgehead atoms. The van der Waals surface area contributed by atoms with Gasteiger partial charge in [-0.25, -0.2) is 9.78 Å². The third kappa shape index (κ3) is 6.92. The van der Waals surface area contributed by atoms with Crippen LogP contribution in [0.4, 0.5) is 5.13 Å². The molecule has 2 aromatic carbocycles. The van der Waals surface area contributed by atoms with Crippen LogP contribution in [-0.2, 0) is 39.6 Å². The number of rotatable bonds is 12. The summed E-state index contributed by atoms with van der Waals surface area (Å²) >= 11 is 3.15. The van der Waals surface area contributed by atoms with Gasteiger partial charge in [-0.1, -0.05) is 94.5 Å². The van der Waals surface area contributed by atoms with Crippen LogP contribution in [0.3, 0.4) is 0 Å².